The molecule has 0 amide bonds. The molecule has 0 radical (unpaired) electrons. The Labute approximate surface area is 88.7 Å². The highest BCUT2D eigenvalue weighted by molar-refractivity contribution is 6.18. The second-order valence-electron chi connectivity index (χ2n) is 3.43. The van der Waals surface area contributed by atoms with Crippen LogP contribution in [0.1, 0.15) is 12.5 Å². The van der Waals surface area contributed by atoms with Gasteiger partial charge in [-0.3, -0.25) is 9.88 Å². The van der Waals surface area contributed by atoms with Gasteiger partial charge in [-0.05, 0) is 25.6 Å². The van der Waals surface area contributed by atoms with Crippen LogP contribution in [0.5, 0.6) is 0 Å². The fourth-order valence-corrected chi connectivity index (χ4v) is 1.34. The van der Waals surface area contributed by atoms with Crippen molar-refractivity contribution >= 4 is 11.6 Å². The third kappa shape index (κ3) is 3.24. The minimum absolute atomic E-state index is 0.278. The van der Waals surface area contributed by atoms with E-state index in [4.69, 9.17) is 11.6 Å². The Kier molecular flexibility index (Phi) is 4.29. The fraction of sp³-hybridized carbons (Fsp3) is 0.500. The van der Waals surface area contributed by atoms with E-state index in [1.54, 1.807) is 6.20 Å². The molecule has 0 N–H and O–H groups in total. The van der Waals surface area contributed by atoms with Gasteiger partial charge < -0.3 is 0 Å². The van der Waals surface area contributed by atoms with E-state index in [2.05, 4.69) is 9.88 Å². The van der Waals surface area contributed by atoms with Crippen LogP contribution in [0, 0.1) is 5.82 Å². The lowest BCUT2D eigenvalue weighted by molar-refractivity contribution is 0.268. The van der Waals surface area contributed by atoms with Gasteiger partial charge in [-0.25, -0.2) is 4.39 Å². The van der Waals surface area contributed by atoms with Crippen LogP contribution in [-0.4, -0.2) is 28.9 Å². The number of nitrogens with zero attached hydrogens (tertiary/aromatic N) is 2. The second-order valence-corrected chi connectivity index (χ2v) is 3.74. The molecular weight excluding hydrogens is 203 g/mol. The minimum atomic E-state index is -0.297. The molecule has 0 saturated carbocycles. The number of hydrogen-bond donors (Lipinski definition) is 0. The number of rotatable bonds is 4. The van der Waals surface area contributed by atoms with Gasteiger partial charge in [-0.1, -0.05) is 0 Å². The van der Waals surface area contributed by atoms with Crippen LogP contribution in [0.4, 0.5) is 4.39 Å². The summed E-state index contributed by atoms with van der Waals surface area (Å²) >= 11 is 5.71. The molecule has 0 saturated heterocycles. The van der Waals surface area contributed by atoms with Crippen molar-refractivity contribution in [2.24, 2.45) is 0 Å². The lowest BCUT2D eigenvalue weighted by atomic mass is 10.2. The summed E-state index contributed by atoms with van der Waals surface area (Å²) in [6, 6.07) is 1.77. The zero-order valence-electron chi connectivity index (χ0n) is 8.37. The maximum atomic E-state index is 12.8. The van der Waals surface area contributed by atoms with E-state index in [1.165, 1.54) is 12.3 Å². The number of hydrogen-bond acceptors (Lipinski definition) is 2. The number of pyridine rings is 1. The predicted molar refractivity (Wildman–Crippen MR) is 55.8 cm³/mol. The molecule has 1 heterocycles. The maximum absolute atomic E-state index is 12.8. The van der Waals surface area contributed by atoms with Crippen molar-refractivity contribution in [2.45, 2.75) is 19.5 Å². The average Bonchev–Trinajstić information content (AvgIpc) is 2.16. The molecular formula is C10H14ClFN2. The third-order valence-electron chi connectivity index (χ3n) is 2.17. The van der Waals surface area contributed by atoms with E-state index < -0.39 is 0 Å². The zero-order valence-corrected chi connectivity index (χ0v) is 9.13. The Balaban J connectivity index is 2.60. The van der Waals surface area contributed by atoms with Gasteiger partial charge >= 0.3 is 0 Å². The van der Waals surface area contributed by atoms with Crippen molar-refractivity contribution in [3.63, 3.8) is 0 Å². The predicted octanol–water partition coefficient (Wildman–Crippen LogP) is 2.28. The molecule has 1 aromatic rings. The van der Waals surface area contributed by atoms with Gasteiger partial charge in [0.1, 0.15) is 5.82 Å². The Bertz CT molecular complexity index is 293. The van der Waals surface area contributed by atoms with E-state index in [9.17, 15) is 4.39 Å². The number of alkyl halides is 1. The van der Waals surface area contributed by atoms with Crippen molar-refractivity contribution in [3.8, 4) is 0 Å². The van der Waals surface area contributed by atoms with Crippen molar-refractivity contribution < 1.29 is 4.39 Å². The summed E-state index contributed by atoms with van der Waals surface area (Å²) in [5.74, 6) is 0.272. The summed E-state index contributed by atoms with van der Waals surface area (Å²) in [7, 11) is 1.96. The van der Waals surface area contributed by atoms with Gasteiger partial charge in [0.25, 0.3) is 0 Å². The largest absolute Gasteiger partial charge is 0.298 e. The standard InChI is InChI=1S/C10H14ClFN2/c1-8(4-11)14(2)7-9-3-10(12)6-13-5-9/h3,5-6,8H,4,7H2,1-2H3. The van der Waals surface area contributed by atoms with Gasteiger partial charge in [0.05, 0.1) is 6.20 Å². The molecule has 2 nitrogen and oxygen atoms in total. The Hall–Kier alpha value is -0.670. The van der Waals surface area contributed by atoms with E-state index >= 15 is 0 Å². The van der Waals surface area contributed by atoms with E-state index in [0.29, 0.717) is 12.4 Å². The van der Waals surface area contributed by atoms with Crippen LogP contribution in [0.15, 0.2) is 18.5 Å². The highest BCUT2D eigenvalue weighted by Crippen LogP contribution is 2.07. The number of halogens is 2. The van der Waals surface area contributed by atoms with Crippen LogP contribution >= 0.6 is 11.6 Å². The van der Waals surface area contributed by atoms with Crippen LogP contribution in [-0.2, 0) is 6.54 Å². The molecule has 14 heavy (non-hydrogen) atoms. The monoisotopic (exact) mass is 216 g/mol. The first-order valence-corrected chi connectivity index (χ1v) is 5.02. The summed E-state index contributed by atoms with van der Waals surface area (Å²) in [5.41, 5.74) is 0.865. The summed E-state index contributed by atoms with van der Waals surface area (Å²) in [6.45, 7) is 2.69. The van der Waals surface area contributed by atoms with Gasteiger partial charge in [-0.2, -0.15) is 0 Å². The van der Waals surface area contributed by atoms with Crippen LogP contribution in [0.25, 0.3) is 0 Å². The average molecular weight is 217 g/mol. The molecule has 0 aliphatic heterocycles. The van der Waals surface area contributed by atoms with Crippen molar-refractivity contribution in [1.29, 1.82) is 0 Å². The highest BCUT2D eigenvalue weighted by Gasteiger charge is 2.08. The van der Waals surface area contributed by atoms with E-state index in [-0.39, 0.29) is 11.9 Å². The molecule has 0 aromatic carbocycles. The Morgan fingerprint density at radius 2 is 2.29 bits per heavy atom. The summed E-state index contributed by atoms with van der Waals surface area (Å²) in [4.78, 5) is 5.85. The molecule has 0 aliphatic rings. The SMILES string of the molecule is CC(CCl)N(C)Cc1cncc(F)c1. The molecule has 0 bridgehead atoms. The number of aromatic nitrogens is 1. The first-order valence-electron chi connectivity index (χ1n) is 4.49. The van der Waals surface area contributed by atoms with Gasteiger partial charge in [-0.15, -0.1) is 11.6 Å². The van der Waals surface area contributed by atoms with Gasteiger partial charge in [0, 0.05) is 24.7 Å². The smallest absolute Gasteiger partial charge is 0.141 e. The van der Waals surface area contributed by atoms with E-state index in [1.807, 2.05) is 14.0 Å². The molecule has 4 heteroatoms. The zero-order chi connectivity index (χ0) is 10.6. The topological polar surface area (TPSA) is 16.1 Å². The van der Waals surface area contributed by atoms with Crippen molar-refractivity contribution in [1.82, 2.24) is 9.88 Å². The van der Waals surface area contributed by atoms with Gasteiger partial charge in [0.15, 0.2) is 0 Å². The first-order chi connectivity index (χ1) is 6.63. The molecule has 0 spiro atoms. The molecule has 1 aromatic heterocycles. The lowest BCUT2D eigenvalue weighted by Gasteiger charge is -2.22. The van der Waals surface area contributed by atoms with Crippen LogP contribution in [0.3, 0.4) is 0 Å². The van der Waals surface area contributed by atoms with Crippen LogP contribution in [0.2, 0.25) is 0 Å². The highest BCUT2D eigenvalue weighted by atomic mass is 35.5. The minimum Gasteiger partial charge on any atom is -0.298 e. The summed E-state index contributed by atoms with van der Waals surface area (Å²) in [6.07, 6.45) is 2.87. The van der Waals surface area contributed by atoms with Crippen molar-refractivity contribution in [3.05, 3.63) is 29.8 Å². The molecule has 0 fully saturated rings. The molecule has 1 unspecified atom stereocenters. The van der Waals surface area contributed by atoms with Gasteiger partial charge in [0.2, 0.25) is 0 Å². The third-order valence-corrected chi connectivity index (χ3v) is 2.62. The van der Waals surface area contributed by atoms with Crippen molar-refractivity contribution in [2.75, 3.05) is 12.9 Å². The lowest BCUT2D eigenvalue weighted by Crippen LogP contribution is -2.29. The second kappa shape index (κ2) is 5.27. The quantitative estimate of drug-likeness (QED) is 0.718. The molecule has 78 valence electrons. The molecule has 1 rings (SSSR count). The Morgan fingerprint density at radius 1 is 1.57 bits per heavy atom. The Morgan fingerprint density at radius 3 is 2.86 bits per heavy atom. The van der Waals surface area contributed by atoms with E-state index in [0.717, 1.165) is 5.56 Å². The maximum Gasteiger partial charge on any atom is 0.141 e. The molecule has 1 atom stereocenters. The van der Waals surface area contributed by atoms with Crippen LogP contribution < -0.4 is 0 Å². The first kappa shape index (κ1) is 11.4. The fourth-order valence-electron chi connectivity index (χ4n) is 1.10. The summed E-state index contributed by atoms with van der Waals surface area (Å²) in [5, 5.41) is 0. The molecule has 0 aliphatic carbocycles. The summed E-state index contributed by atoms with van der Waals surface area (Å²) < 4.78 is 12.8. The normalized spacial score (nSPS) is 13.2.